The van der Waals surface area contributed by atoms with Crippen LogP contribution in [0.3, 0.4) is 0 Å². The Kier molecular flexibility index (Phi) is 7.54. The second-order valence-corrected chi connectivity index (χ2v) is 12.2. The van der Waals surface area contributed by atoms with E-state index in [0.717, 1.165) is 15.5 Å². The molecule has 13 heteroatoms. The van der Waals surface area contributed by atoms with E-state index < -0.39 is 21.7 Å². The molecule has 4 N–H and O–H groups in total. The van der Waals surface area contributed by atoms with Crippen LogP contribution >= 0.6 is 11.3 Å². The van der Waals surface area contributed by atoms with Crippen LogP contribution in [0.4, 0.5) is 16.4 Å². The summed E-state index contributed by atoms with van der Waals surface area (Å²) in [6, 6.07) is 11.6. The highest BCUT2D eigenvalue weighted by Crippen LogP contribution is 2.32. The van der Waals surface area contributed by atoms with Crippen LogP contribution in [-0.2, 0) is 14.8 Å². The first-order valence-corrected chi connectivity index (χ1v) is 14.0. The fourth-order valence-corrected chi connectivity index (χ4v) is 5.06. The third kappa shape index (κ3) is 6.54. The number of fused-ring (bicyclic) bond motifs is 3. The van der Waals surface area contributed by atoms with Crippen molar-refractivity contribution in [2.45, 2.75) is 31.3 Å². The number of sulfonamides is 1. The Bertz CT molecular complexity index is 1630. The summed E-state index contributed by atoms with van der Waals surface area (Å²) >= 11 is 1.33. The molecule has 0 saturated carbocycles. The van der Waals surface area contributed by atoms with Crippen molar-refractivity contribution in [2.24, 2.45) is 5.14 Å². The summed E-state index contributed by atoms with van der Waals surface area (Å²) in [6.45, 7) is 5.94. The minimum atomic E-state index is -3.85. The number of nitrogens with two attached hydrogens (primary N) is 1. The quantitative estimate of drug-likeness (QED) is 0.310. The van der Waals surface area contributed by atoms with Crippen molar-refractivity contribution in [3.63, 3.8) is 0 Å². The van der Waals surface area contributed by atoms with E-state index in [2.05, 4.69) is 20.6 Å². The van der Waals surface area contributed by atoms with Gasteiger partial charge in [0.05, 0.1) is 15.3 Å². The first-order chi connectivity index (χ1) is 17.8. The van der Waals surface area contributed by atoms with Gasteiger partial charge >= 0.3 is 6.09 Å². The number of hydrogen-bond donors (Lipinski definition) is 3. The van der Waals surface area contributed by atoms with Gasteiger partial charge in [0.25, 0.3) is 5.91 Å². The molecule has 2 aromatic heterocycles. The van der Waals surface area contributed by atoms with Gasteiger partial charge in [-0.15, -0.1) is 11.3 Å². The normalized spacial score (nSPS) is 11.9. The minimum Gasteiger partial charge on any atom is -0.444 e. The summed E-state index contributed by atoms with van der Waals surface area (Å²) in [7, 11) is -2.24. The fourth-order valence-electron chi connectivity index (χ4n) is 3.52. The van der Waals surface area contributed by atoms with Crippen LogP contribution < -0.4 is 15.8 Å². The molecular weight excluding hydrogens is 528 g/mol. The number of likely N-dealkylation sites (N-methyl/N-ethyl adjacent to an activating group) is 1. The van der Waals surface area contributed by atoms with Gasteiger partial charge in [-0.05, 0) is 57.2 Å². The Morgan fingerprint density at radius 2 is 1.92 bits per heavy atom. The highest BCUT2D eigenvalue weighted by Gasteiger charge is 2.20. The number of amides is 2. The smallest absolute Gasteiger partial charge is 0.410 e. The molecule has 11 nitrogen and oxygen atoms in total. The molecule has 0 aliphatic carbocycles. The third-order valence-corrected chi connectivity index (χ3v) is 7.34. The molecule has 2 heterocycles. The second-order valence-electron chi connectivity index (χ2n) is 9.58. The van der Waals surface area contributed by atoms with Crippen LogP contribution in [0.15, 0.2) is 53.6 Å². The molecule has 2 amide bonds. The van der Waals surface area contributed by atoms with E-state index in [1.807, 2.05) is 12.1 Å². The monoisotopic (exact) mass is 556 g/mol. The molecule has 0 aliphatic heterocycles. The number of carbonyl (C=O) groups excluding carboxylic acids is 2. The molecule has 2 aromatic carbocycles. The second kappa shape index (κ2) is 10.5. The van der Waals surface area contributed by atoms with Crippen LogP contribution in [0.25, 0.3) is 21.0 Å². The van der Waals surface area contributed by atoms with E-state index in [0.29, 0.717) is 22.6 Å². The molecule has 0 atom stereocenters. The molecule has 0 bridgehead atoms. The van der Waals surface area contributed by atoms with Gasteiger partial charge in [0, 0.05) is 47.5 Å². The molecular formula is C25H28N6O5S2. The highest BCUT2D eigenvalue weighted by atomic mass is 32.2. The fraction of sp³-hybridized carbons (Fsp3) is 0.280. The molecule has 0 fully saturated rings. The van der Waals surface area contributed by atoms with Crippen LogP contribution in [0.1, 0.15) is 30.4 Å². The number of carbonyl (C=O) groups is 2. The minimum absolute atomic E-state index is 0.0311. The van der Waals surface area contributed by atoms with Crippen molar-refractivity contribution in [3.05, 3.63) is 53.5 Å². The Labute approximate surface area is 224 Å². The van der Waals surface area contributed by atoms with E-state index in [4.69, 9.17) is 9.88 Å². The van der Waals surface area contributed by atoms with E-state index in [9.17, 15) is 18.0 Å². The number of ether oxygens (including phenoxy) is 1. The number of nitrogens with zero attached hydrogens (tertiary/aromatic N) is 3. The van der Waals surface area contributed by atoms with Gasteiger partial charge in [-0.25, -0.2) is 28.3 Å². The van der Waals surface area contributed by atoms with Crippen molar-refractivity contribution < 1.29 is 22.7 Å². The van der Waals surface area contributed by atoms with Crippen molar-refractivity contribution >= 4 is 66.0 Å². The predicted molar refractivity (Wildman–Crippen MR) is 147 cm³/mol. The van der Waals surface area contributed by atoms with E-state index in [1.54, 1.807) is 52.2 Å². The van der Waals surface area contributed by atoms with Gasteiger partial charge in [-0.2, -0.15) is 0 Å². The number of anilines is 2. The molecule has 4 rings (SSSR count). The van der Waals surface area contributed by atoms with Crippen molar-refractivity contribution in [1.82, 2.24) is 20.2 Å². The molecule has 0 radical (unpaired) electrons. The van der Waals surface area contributed by atoms with Crippen LogP contribution in [-0.4, -0.2) is 61.0 Å². The maximum atomic E-state index is 12.8. The molecule has 4 aromatic rings. The Balaban J connectivity index is 1.50. The average molecular weight is 557 g/mol. The van der Waals surface area contributed by atoms with Crippen molar-refractivity contribution in [3.8, 4) is 0 Å². The summed E-state index contributed by atoms with van der Waals surface area (Å²) in [5.74, 6) is 0.00287. The largest absolute Gasteiger partial charge is 0.444 e. The first kappa shape index (κ1) is 27.2. The summed E-state index contributed by atoms with van der Waals surface area (Å²) in [6.07, 6.45) is 1.19. The van der Waals surface area contributed by atoms with Gasteiger partial charge in [0.15, 0.2) is 0 Å². The molecule has 0 spiro atoms. The molecule has 0 unspecified atom stereocenters. The van der Waals surface area contributed by atoms with E-state index in [-0.39, 0.29) is 23.3 Å². The van der Waals surface area contributed by atoms with Gasteiger partial charge in [0.2, 0.25) is 16.0 Å². The van der Waals surface area contributed by atoms with Crippen LogP contribution in [0, 0.1) is 0 Å². The number of rotatable bonds is 7. The summed E-state index contributed by atoms with van der Waals surface area (Å²) in [5.41, 5.74) is 0.509. The average Bonchev–Trinajstić information content (AvgIpc) is 3.28. The van der Waals surface area contributed by atoms with Crippen LogP contribution in [0.5, 0.6) is 0 Å². The number of benzene rings is 2. The SMILES string of the molecule is CN(CCNC(=O)c1cc2c(ccc3cnc(Nc4cccc(S(N)(=O)=O)c4)nc32)s1)C(=O)OC(C)(C)C. The molecule has 0 saturated heterocycles. The highest BCUT2D eigenvalue weighted by molar-refractivity contribution is 7.89. The first-order valence-electron chi connectivity index (χ1n) is 11.6. The number of primary sulfonamides is 1. The predicted octanol–water partition coefficient (Wildman–Crippen LogP) is 3.83. The van der Waals surface area contributed by atoms with Gasteiger partial charge in [-0.3, -0.25) is 4.79 Å². The van der Waals surface area contributed by atoms with Gasteiger partial charge < -0.3 is 20.3 Å². The van der Waals surface area contributed by atoms with E-state index >= 15 is 0 Å². The van der Waals surface area contributed by atoms with E-state index in [1.165, 1.54) is 28.4 Å². The zero-order valence-electron chi connectivity index (χ0n) is 21.3. The van der Waals surface area contributed by atoms with Crippen LogP contribution in [0.2, 0.25) is 0 Å². The van der Waals surface area contributed by atoms with Gasteiger partial charge in [-0.1, -0.05) is 6.07 Å². The van der Waals surface area contributed by atoms with Gasteiger partial charge in [0.1, 0.15) is 5.60 Å². The lowest BCUT2D eigenvalue weighted by Gasteiger charge is -2.24. The number of thiophene rings is 1. The maximum absolute atomic E-state index is 12.8. The lowest BCUT2D eigenvalue weighted by atomic mass is 10.2. The molecule has 200 valence electrons. The lowest BCUT2D eigenvalue weighted by molar-refractivity contribution is 0.0299. The third-order valence-electron chi connectivity index (χ3n) is 5.33. The number of aromatic nitrogens is 2. The Morgan fingerprint density at radius 1 is 1.16 bits per heavy atom. The summed E-state index contributed by atoms with van der Waals surface area (Å²) < 4.78 is 29.5. The van der Waals surface area contributed by atoms with Crippen molar-refractivity contribution in [1.29, 1.82) is 0 Å². The Morgan fingerprint density at radius 3 is 2.63 bits per heavy atom. The summed E-state index contributed by atoms with van der Waals surface area (Å²) in [4.78, 5) is 35.7. The summed E-state index contributed by atoms with van der Waals surface area (Å²) in [5, 5.41) is 12.6. The standard InChI is InChI=1S/C25H28N6O5S2/c1-25(2,3)36-24(33)31(4)11-10-27-22(32)20-13-18-19(37-20)9-8-15-14-28-23(30-21(15)18)29-16-6-5-7-17(12-16)38(26,34)35/h5-9,12-14H,10-11H2,1-4H3,(H,27,32)(H2,26,34,35)(H,28,29,30). The Hall–Kier alpha value is -3.81. The molecule has 0 aliphatic rings. The number of hydrogen-bond acceptors (Lipinski definition) is 9. The lowest BCUT2D eigenvalue weighted by Crippen LogP contribution is -2.39. The topological polar surface area (TPSA) is 157 Å². The maximum Gasteiger partial charge on any atom is 0.410 e. The zero-order valence-corrected chi connectivity index (χ0v) is 22.9. The number of nitrogens with one attached hydrogen (secondary N) is 2. The zero-order chi connectivity index (χ0) is 27.7. The molecule has 38 heavy (non-hydrogen) atoms. The van der Waals surface area contributed by atoms with Crippen molar-refractivity contribution in [2.75, 3.05) is 25.5 Å².